The monoisotopic (exact) mass is 389 g/mol. The predicted octanol–water partition coefficient (Wildman–Crippen LogP) is 4.07. The molecule has 138 valence electrons. The summed E-state index contributed by atoms with van der Waals surface area (Å²) in [6.45, 7) is 0. The lowest BCUT2D eigenvalue weighted by Crippen LogP contribution is -2.23. The zero-order chi connectivity index (χ0) is 19.7. The minimum atomic E-state index is -4.04. The Morgan fingerprint density at radius 1 is 0.786 bits per heavy atom. The van der Waals surface area contributed by atoms with Crippen LogP contribution >= 0.6 is 0 Å². The molecule has 28 heavy (non-hydrogen) atoms. The fourth-order valence-corrected chi connectivity index (χ4v) is 4.44. The topological polar surface area (TPSA) is 83.8 Å². The van der Waals surface area contributed by atoms with Crippen molar-refractivity contribution in [3.63, 3.8) is 0 Å². The van der Waals surface area contributed by atoms with Gasteiger partial charge in [0.1, 0.15) is 10.7 Å². The molecular formula is C22H15NO4S. The molecule has 0 unspecified atom stereocenters. The Labute approximate surface area is 162 Å². The number of nitrogens with zero attached hydrogens (tertiary/aromatic N) is 1. The summed E-state index contributed by atoms with van der Waals surface area (Å²) in [7, 11) is -4.04. The number of hydrogen-bond acceptors (Lipinski definition) is 5. The quantitative estimate of drug-likeness (QED) is 0.732. The predicted molar refractivity (Wildman–Crippen MR) is 107 cm³/mol. The zero-order valence-electron chi connectivity index (χ0n) is 14.6. The van der Waals surface area contributed by atoms with E-state index in [0.717, 1.165) is 0 Å². The number of carbonyl (C=O) groups excluding carboxylic acids is 1. The van der Waals surface area contributed by atoms with Crippen LogP contribution in [0.2, 0.25) is 0 Å². The molecule has 0 saturated heterocycles. The summed E-state index contributed by atoms with van der Waals surface area (Å²) >= 11 is 0. The SMILES string of the molecule is O=C1C(S(=O)(=O)c2ccccc2)=CC(=Nc2ccccc2)c2c(O)cccc21. The summed E-state index contributed by atoms with van der Waals surface area (Å²) in [6.07, 6.45) is 1.24. The van der Waals surface area contributed by atoms with Gasteiger partial charge in [0.15, 0.2) is 0 Å². The van der Waals surface area contributed by atoms with Gasteiger partial charge in [0.05, 0.1) is 21.9 Å². The van der Waals surface area contributed by atoms with Crippen LogP contribution in [0.25, 0.3) is 0 Å². The van der Waals surface area contributed by atoms with Gasteiger partial charge in [-0.2, -0.15) is 0 Å². The van der Waals surface area contributed by atoms with Crippen molar-refractivity contribution in [2.24, 2.45) is 4.99 Å². The van der Waals surface area contributed by atoms with Crippen LogP contribution in [0.5, 0.6) is 5.75 Å². The van der Waals surface area contributed by atoms with Crippen molar-refractivity contribution < 1.29 is 18.3 Å². The molecule has 1 aliphatic carbocycles. The first kappa shape index (κ1) is 17.9. The van der Waals surface area contributed by atoms with Crippen molar-refractivity contribution in [1.82, 2.24) is 0 Å². The summed E-state index contributed by atoms with van der Waals surface area (Å²) in [6, 6.07) is 21.1. The van der Waals surface area contributed by atoms with Gasteiger partial charge < -0.3 is 5.11 Å². The van der Waals surface area contributed by atoms with Crippen molar-refractivity contribution in [3.05, 3.63) is 101 Å². The Morgan fingerprint density at radius 2 is 1.43 bits per heavy atom. The minimum absolute atomic E-state index is 0.0252. The number of para-hydroxylation sites is 1. The van der Waals surface area contributed by atoms with Crippen LogP contribution < -0.4 is 0 Å². The van der Waals surface area contributed by atoms with Gasteiger partial charge >= 0.3 is 0 Å². The number of sulfone groups is 1. The highest BCUT2D eigenvalue weighted by Crippen LogP contribution is 2.34. The molecule has 1 N–H and O–H groups in total. The highest BCUT2D eigenvalue weighted by atomic mass is 32.2. The molecule has 0 bridgehead atoms. The second-order valence-corrected chi connectivity index (χ2v) is 8.10. The first-order chi connectivity index (χ1) is 13.5. The van der Waals surface area contributed by atoms with Gasteiger partial charge in [-0.15, -0.1) is 0 Å². The van der Waals surface area contributed by atoms with E-state index in [0.29, 0.717) is 5.69 Å². The van der Waals surface area contributed by atoms with Crippen molar-refractivity contribution in [2.75, 3.05) is 0 Å². The number of hydrogen-bond donors (Lipinski definition) is 1. The summed E-state index contributed by atoms with van der Waals surface area (Å²) in [4.78, 5) is 17.1. The van der Waals surface area contributed by atoms with Gasteiger partial charge in [-0.3, -0.25) is 4.79 Å². The molecule has 6 heteroatoms. The number of fused-ring (bicyclic) bond motifs is 1. The van der Waals surface area contributed by atoms with Crippen LogP contribution in [0.15, 0.2) is 99.7 Å². The molecule has 0 heterocycles. The second kappa shape index (κ2) is 6.90. The fourth-order valence-electron chi connectivity index (χ4n) is 3.05. The van der Waals surface area contributed by atoms with E-state index >= 15 is 0 Å². The molecule has 4 rings (SSSR count). The number of ketones is 1. The molecular weight excluding hydrogens is 374 g/mol. The Balaban J connectivity index is 1.96. The normalized spacial score (nSPS) is 15.2. The lowest BCUT2D eigenvalue weighted by atomic mass is 9.93. The maximum atomic E-state index is 13.1. The van der Waals surface area contributed by atoms with Crippen LogP contribution in [0.1, 0.15) is 15.9 Å². The maximum Gasteiger partial charge on any atom is 0.210 e. The number of aromatic hydroxyl groups is 1. The number of carbonyl (C=O) groups is 1. The van der Waals surface area contributed by atoms with Gasteiger partial charge in [-0.1, -0.05) is 48.5 Å². The maximum absolute atomic E-state index is 13.1. The number of allylic oxidation sites excluding steroid dienone is 2. The van der Waals surface area contributed by atoms with E-state index in [1.165, 1.54) is 36.4 Å². The van der Waals surface area contributed by atoms with Crippen LogP contribution in [0, 0.1) is 0 Å². The third-order valence-corrected chi connectivity index (χ3v) is 6.16. The number of benzene rings is 3. The largest absolute Gasteiger partial charge is 0.507 e. The van der Waals surface area contributed by atoms with Crippen molar-refractivity contribution >= 4 is 27.0 Å². The average molecular weight is 389 g/mol. The molecule has 1 aliphatic rings. The highest BCUT2D eigenvalue weighted by molar-refractivity contribution is 7.96. The lowest BCUT2D eigenvalue weighted by Gasteiger charge is -2.19. The average Bonchev–Trinajstić information content (AvgIpc) is 2.71. The summed E-state index contributed by atoms with van der Waals surface area (Å²) in [5.41, 5.74) is 1.12. The smallest absolute Gasteiger partial charge is 0.210 e. The van der Waals surface area contributed by atoms with Crippen molar-refractivity contribution in [1.29, 1.82) is 0 Å². The van der Waals surface area contributed by atoms with Gasteiger partial charge in [0, 0.05) is 5.56 Å². The molecule has 0 fully saturated rings. The number of Topliss-reactive ketones (excluding diaryl/α,β-unsaturated/α-hetero) is 1. The molecule has 0 spiro atoms. The molecule has 0 amide bonds. The number of rotatable bonds is 3. The van der Waals surface area contributed by atoms with E-state index in [1.807, 2.05) is 6.07 Å². The number of phenols is 1. The minimum Gasteiger partial charge on any atom is -0.507 e. The van der Waals surface area contributed by atoms with E-state index in [1.54, 1.807) is 42.5 Å². The first-order valence-corrected chi connectivity index (χ1v) is 9.99. The summed E-state index contributed by atoms with van der Waals surface area (Å²) < 4.78 is 26.2. The molecule has 0 radical (unpaired) electrons. The summed E-state index contributed by atoms with van der Waals surface area (Å²) in [5, 5.41) is 10.3. The first-order valence-electron chi connectivity index (χ1n) is 8.51. The molecule has 0 aromatic heterocycles. The molecule has 0 saturated carbocycles. The van der Waals surface area contributed by atoms with Crippen molar-refractivity contribution in [2.45, 2.75) is 4.90 Å². The Morgan fingerprint density at radius 3 is 2.11 bits per heavy atom. The molecule has 3 aromatic rings. The molecule has 5 nitrogen and oxygen atoms in total. The van der Waals surface area contributed by atoms with Crippen LogP contribution in [0.4, 0.5) is 5.69 Å². The van der Waals surface area contributed by atoms with Gasteiger partial charge in [0.2, 0.25) is 15.6 Å². The lowest BCUT2D eigenvalue weighted by molar-refractivity contribution is 0.104. The molecule has 0 aliphatic heterocycles. The van der Waals surface area contributed by atoms with Gasteiger partial charge in [-0.25, -0.2) is 13.4 Å². The third-order valence-electron chi connectivity index (χ3n) is 4.38. The van der Waals surface area contributed by atoms with E-state index in [9.17, 15) is 18.3 Å². The van der Waals surface area contributed by atoms with E-state index in [2.05, 4.69) is 4.99 Å². The Bertz CT molecular complexity index is 1230. The van der Waals surface area contributed by atoms with Crippen LogP contribution in [-0.4, -0.2) is 25.0 Å². The molecule has 3 aromatic carbocycles. The summed E-state index contributed by atoms with van der Waals surface area (Å²) in [5.74, 6) is -0.797. The van der Waals surface area contributed by atoms with Crippen molar-refractivity contribution in [3.8, 4) is 5.75 Å². The fraction of sp³-hybridized carbons (Fsp3) is 0. The van der Waals surface area contributed by atoms with Gasteiger partial charge in [-0.05, 0) is 36.4 Å². The second-order valence-electron chi connectivity index (χ2n) is 6.19. The van der Waals surface area contributed by atoms with Gasteiger partial charge in [0.25, 0.3) is 0 Å². The zero-order valence-corrected chi connectivity index (χ0v) is 15.4. The van der Waals surface area contributed by atoms with E-state index in [4.69, 9.17) is 0 Å². The van der Waals surface area contributed by atoms with E-state index < -0.39 is 15.6 Å². The number of phenolic OH excluding ortho intramolecular Hbond substituents is 1. The molecule has 0 atom stereocenters. The highest BCUT2D eigenvalue weighted by Gasteiger charge is 2.34. The standard InChI is InChI=1S/C22H15NO4S/c24-19-13-7-12-17-21(19)18(23-15-8-3-1-4-9-15)14-20(22(17)25)28(26,27)16-10-5-2-6-11-16/h1-14,24H. The van der Waals surface area contributed by atoms with E-state index in [-0.39, 0.29) is 32.4 Å². The third kappa shape index (κ3) is 3.04. The van der Waals surface area contributed by atoms with Crippen LogP contribution in [0.3, 0.4) is 0 Å². The Hall–Kier alpha value is -3.51. The van der Waals surface area contributed by atoms with Crippen LogP contribution in [-0.2, 0) is 9.84 Å². The number of aliphatic imine (C=N–C) groups is 1. The Kier molecular flexibility index (Phi) is 4.41.